The van der Waals surface area contributed by atoms with E-state index in [0.717, 1.165) is 25.4 Å². The van der Waals surface area contributed by atoms with Crippen LogP contribution < -0.4 is 5.32 Å². The molecule has 13 heavy (non-hydrogen) atoms. The maximum Gasteiger partial charge on any atom is 0.0443 e. The van der Waals surface area contributed by atoms with Crippen molar-refractivity contribution in [1.29, 1.82) is 0 Å². The first-order chi connectivity index (χ1) is 6.36. The maximum absolute atomic E-state index is 8.59. The molecule has 0 radical (unpaired) electrons. The highest BCUT2D eigenvalue weighted by atomic mass is 16.3. The van der Waals surface area contributed by atoms with Crippen LogP contribution in [0.4, 0.5) is 0 Å². The van der Waals surface area contributed by atoms with E-state index in [9.17, 15) is 0 Å². The van der Waals surface area contributed by atoms with Crippen molar-refractivity contribution in [2.24, 2.45) is 5.92 Å². The molecular formula is C10H22N2O. The molecule has 1 fully saturated rings. The Labute approximate surface area is 81.1 Å². The average molecular weight is 186 g/mol. The van der Waals surface area contributed by atoms with Crippen LogP contribution in [0.25, 0.3) is 0 Å². The van der Waals surface area contributed by atoms with Gasteiger partial charge in [-0.1, -0.05) is 6.92 Å². The number of nitrogens with zero attached hydrogens (tertiary/aromatic N) is 1. The summed E-state index contributed by atoms with van der Waals surface area (Å²) in [6, 6.07) is 0. The predicted octanol–water partition coefficient (Wildman–Crippen LogP) is 0.300. The van der Waals surface area contributed by atoms with Gasteiger partial charge in [-0.05, 0) is 44.9 Å². The first kappa shape index (κ1) is 11.0. The van der Waals surface area contributed by atoms with Crippen LogP contribution in [0.15, 0.2) is 0 Å². The quantitative estimate of drug-likeness (QED) is 0.586. The summed E-state index contributed by atoms with van der Waals surface area (Å²) in [5.74, 6) is 0.832. The van der Waals surface area contributed by atoms with Gasteiger partial charge in [0, 0.05) is 13.2 Å². The predicted molar refractivity (Wildman–Crippen MR) is 54.8 cm³/mol. The summed E-state index contributed by atoms with van der Waals surface area (Å²) in [5.41, 5.74) is 0. The van der Waals surface area contributed by atoms with Crippen LogP contribution in [0, 0.1) is 5.92 Å². The Morgan fingerprint density at radius 3 is 3.00 bits per heavy atom. The summed E-state index contributed by atoms with van der Waals surface area (Å²) in [6.07, 6.45) is 2.21. The molecule has 1 unspecified atom stereocenters. The second-order valence-electron chi connectivity index (χ2n) is 3.83. The van der Waals surface area contributed by atoms with Gasteiger partial charge in [0.05, 0.1) is 0 Å². The summed E-state index contributed by atoms with van der Waals surface area (Å²) in [5, 5.41) is 12.0. The number of rotatable bonds is 6. The lowest BCUT2D eigenvalue weighted by Crippen LogP contribution is -2.27. The molecule has 0 aliphatic carbocycles. The molecule has 0 spiro atoms. The summed E-state index contributed by atoms with van der Waals surface area (Å²) in [6.45, 7) is 8.31. The molecule has 2 N–H and O–H groups in total. The van der Waals surface area contributed by atoms with Crippen molar-refractivity contribution >= 4 is 0 Å². The Hall–Kier alpha value is -0.120. The van der Waals surface area contributed by atoms with Crippen molar-refractivity contribution in [1.82, 2.24) is 10.2 Å². The Kier molecular flexibility index (Phi) is 5.35. The largest absolute Gasteiger partial charge is 0.396 e. The van der Waals surface area contributed by atoms with E-state index in [4.69, 9.17) is 5.11 Å². The third kappa shape index (κ3) is 4.07. The highest BCUT2D eigenvalue weighted by Gasteiger charge is 2.19. The van der Waals surface area contributed by atoms with Gasteiger partial charge in [-0.25, -0.2) is 0 Å². The molecule has 1 aliphatic rings. The van der Waals surface area contributed by atoms with E-state index < -0.39 is 0 Å². The zero-order chi connectivity index (χ0) is 9.52. The van der Waals surface area contributed by atoms with E-state index >= 15 is 0 Å². The fourth-order valence-electron chi connectivity index (χ4n) is 1.88. The fourth-order valence-corrected chi connectivity index (χ4v) is 1.88. The van der Waals surface area contributed by atoms with E-state index in [0.29, 0.717) is 6.61 Å². The molecule has 1 heterocycles. The molecule has 78 valence electrons. The molecule has 1 aliphatic heterocycles. The minimum atomic E-state index is 0.304. The third-order valence-corrected chi connectivity index (χ3v) is 2.76. The Morgan fingerprint density at radius 2 is 2.38 bits per heavy atom. The lowest BCUT2D eigenvalue weighted by atomic mass is 10.1. The summed E-state index contributed by atoms with van der Waals surface area (Å²) >= 11 is 0. The molecule has 0 aromatic heterocycles. The summed E-state index contributed by atoms with van der Waals surface area (Å²) in [7, 11) is 0. The monoisotopic (exact) mass is 186 g/mol. The van der Waals surface area contributed by atoms with Gasteiger partial charge in [0.15, 0.2) is 0 Å². The third-order valence-electron chi connectivity index (χ3n) is 2.76. The summed E-state index contributed by atoms with van der Waals surface area (Å²) in [4.78, 5) is 2.50. The van der Waals surface area contributed by atoms with Gasteiger partial charge in [0.1, 0.15) is 0 Å². The van der Waals surface area contributed by atoms with Crippen LogP contribution in [0.2, 0.25) is 0 Å². The number of nitrogens with one attached hydrogen (secondary N) is 1. The van der Waals surface area contributed by atoms with Gasteiger partial charge >= 0.3 is 0 Å². The van der Waals surface area contributed by atoms with Gasteiger partial charge in [-0.3, -0.25) is 0 Å². The average Bonchev–Trinajstić information content (AvgIpc) is 2.60. The zero-order valence-corrected chi connectivity index (χ0v) is 8.63. The highest BCUT2D eigenvalue weighted by Crippen LogP contribution is 2.14. The first-order valence-corrected chi connectivity index (χ1v) is 5.40. The second kappa shape index (κ2) is 6.35. The normalized spacial score (nSPS) is 24.0. The number of aliphatic hydroxyl groups is 1. The van der Waals surface area contributed by atoms with E-state index in [2.05, 4.69) is 17.1 Å². The van der Waals surface area contributed by atoms with Crippen molar-refractivity contribution in [3.8, 4) is 0 Å². The molecule has 0 saturated carbocycles. The Balaban J connectivity index is 1.97. The van der Waals surface area contributed by atoms with Crippen LogP contribution in [0.5, 0.6) is 0 Å². The standard InChI is InChI=1S/C10H22N2O/c1-2-12-6-4-10(9-12)8-11-5-3-7-13/h10-11,13H,2-9H2,1H3. The van der Waals surface area contributed by atoms with E-state index in [-0.39, 0.29) is 0 Å². The van der Waals surface area contributed by atoms with Crippen molar-refractivity contribution in [3.05, 3.63) is 0 Å². The van der Waals surface area contributed by atoms with Gasteiger partial charge in [-0.2, -0.15) is 0 Å². The van der Waals surface area contributed by atoms with Gasteiger partial charge in [-0.15, -0.1) is 0 Å². The van der Waals surface area contributed by atoms with E-state index in [1.807, 2.05) is 0 Å². The van der Waals surface area contributed by atoms with Crippen LogP contribution in [0.3, 0.4) is 0 Å². The molecule has 1 atom stereocenters. The topological polar surface area (TPSA) is 35.5 Å². The number of aliphatic hydroxyl groups excluding tert-OH is 1. The molecular weight excluding hydrogens is 164 g/mol. The van der Waals surface area contributed by atoms with Crippen molar-refractivity contribution in [3.63, 3.8) is 0 Å². The Morgan fingerprint density at radius 1 is 1.54 bits per heavy atom. The number of hydrogen-bond acceptors (Lipinski definition) is 3. The van der Waals surface area contributed by atoms with Crippen LogP contribution in [0.1, 0.15) is 19.8 Å². The van der Waals surface area contributed by atoms with Gasteiger partial charge in [0.2, 0.25) is 0 Å². The fraction of sp³-hybridized carbons (Fsp3) is 1.00. The van der Waals surface area contributed by atoms with Crippen LogP contribution in [-0.4, -0.2) is 49.3 Å². The van der Waals surface area contributed by atoms with Crippen molar-refractivity contribution in [2.45, 2.75) is 19.8 Å². The number of likely N-dealkylation sites (tertiary alicyclic amines) is 1. The highest BCUT2D eigenvalue weighted by molar-refractivity contribution is 4.75. The molecule has 1 rings (SSSR count). The van der Waals surface area contributed by atoms with Crippen LogP contribution >= 0.6 is 0 Å². The lowest BCUT2D eigenvalue weighted by molar-refractivity contribution is 0.283. The first-order valence-electron chi connectivity index (χ1n) is 5.40. The molecule has 3 heteroatoms. The lowest BCUT2D eigenvalue weighted by Gasteiger charge is -2.13. The minimum absolute atomic E-state index is 0.304. The van der Waals surface area contributed by atoms with Gasteiger partial charge in [0.25, 0.3) is 0 Å². The minimum Gasteiger partial charge on any atom is -0.396 e. The smallest absolute Gasteiger partial charge is 0.0443 e. The second-order valence-corrected chi connectivity index (χ2v) is 3.83. The van der Waals surface area contributed by atoms with Gasteiger partial charge < -0.3 is 15.3 Å². The van der Waals surface area contributed by atoms with E-state index in [1.165, 1.54) is 26.1 Å². The molecule has 1 saturated heterocycles. The van der Waals surface area contributed by atoms with E-state index in [1.54, 1.807) is 0 Å². The van der Waals surface area contributed by atoms with Crippen molar-refractivity contribution < 1.29 is 5.11 Å². The molecule has 0 bridgehead atoms. The zero-order valence-electron chi connectivity index (χ0n) is 8.63. The molecule has 0 aromatic carbocycles. The maximum atomic E-state index is 8.59. The Bertz CT molecular complexity index is 130. The molecule has 0 aromatic rings. The SMILES string of the molecule is CCN1CCC(CNCCCO)C1. The number of hydrogen-bond donors (Lipinski definition) is 2. The van der Waals surface area contributed by atoms with Crippen molar-refractivity contribution in [2.75, 3.05) is 39.3 Å². The summed E-state index contributed by atoms with van der Waals surface area (Å²) < 4.78 is 0. The molecule has 0 amide bonds. The van der Waals surface area contributed by atoms with Crippen LogP contribution in [-0.2, 0) is 0 Å². The molecule has 3 nitrogen and oxygen atoms in total.